The van der Waals surface area contributed by atoms with Gasteiger partial charge in [-0.2, -0.15) is 5.10 Å². The number of aromatic amines is 1. The summed E-state index contributed by atoms with van der Waals surface area (Å²) in [5.41, 5.74) is 1.33. The van der Waals surface area contributed by atoms with E-state index in [1.54, 1.807) is 19.5 Å². The van der Waals surface area contributed by atoms with Gasteiger partial charge in [0.2, 0.25) is 0 Å². The van der Waals surface area contributed by atoms with E-state index in [0.717, 1.165) is 0 Å². The van der Waals surface area contributed by atoms with Crippen molar-refractivity contribution in [3.05, 3.63) is 30.1 Å². The zero-order chi connectivity index (χ0) is 8.97. The fourth-order valence-corrected chi connectivity index (χ4v) is 0.910. The van der Waals surface area contributed by atoms with Gasteiger partial charge in [0.05, 0.1) is 12.8 Å². The second-order valence-corrected chi connectivity index (χ2v) is 2.53. The maximum Gasteiger partial charge on any atom is 0.105 e. The van der Waals surface area contributed by atoms with Gasteiger partial charge in [0.25, 0.3) is 0 Å². The molecule has 1 rings (SSSR count). The molecule has 66 valence electrons. The number of ether oxygens (including phenoxy) is 1. The number of rotatable bonds is 4. The molecule has 0 saturated carbocycles. The van der Waals surface area contributed by atoms with Crippen molar-refractivity contribution in [2.45, 2.75) is 6.10 Å². The first-order valence-corrected chi connectivity index (χ1v) is 3.59. The standard InChI is InChI=1S/C8H12N2O2/c1-6(5-12-2)8(11)7-3-9-10-4-7/h3-4,8,11H,1,5H2,2H3,(H,9,10). The summed E-state index contributed by atoms with van der Waals surface area (Å²) < 4.78 is 4.83. The Morgan fingerprint density at radius 1 is 1.92 bits per heavy atom. The van der Waals surface area contributed by atoms with Crippen molar-refractivity contribution in [2.75, 3.05) is 13.7 Å². The van der Waals surface area contributed by atoms with Crippen molar-refractivity contribution in [2.24, 2.45) is 0 Å². The van der Waals surface area contributed by atoms with Gasteiger partial charge in [-0.3, -0.25) is 5.10 Å². The van der Waals surface area contributed by atoms with Crippen molar-refractivity contribution in [3.63, 3.8) is 0 Å². The first-order chi connectivity index (χ1) is 5.75. The molecule has 0 spiro atoms. The summed E-state index contributed by atoms with van der Waals surface area (Å²) in [5.74, 6) is 0. The third kappa shape index (κ3) is 1.93. The number of aliphatic hydroxyl groups excluding tert-OH is 1. The molecule has 2 N–H and O–H groups in total. The summed E-state index contributed by atoms with van der Waals surface area (Å²) in [5, 5.41) is 15.9. The third-order valence-electron chi connectivity index (χ3n) is 1.55. The average Bonchev–Trinajstić information content (AvgIpc) is 2.55. The average molecular weight is 168 g/mol. The predicted molar refractivity (Wildman–Crippen MR) is 44.6 cm³/mol. The van der Waals surface area contributed by atoms with Crippen LogP contribution >= 0.6 is 0 Å². The SMILES string of the molecule is C=C(COC)C(O)c1cn[nH]c1. The molecule has 0 aliphatic carbocycles. The maximum absolute atomic E-state index is 9.57. The van der Waals surface area contributed by atoms with Crippen LogP contribution in [0.15, 0.2) is 24.5 Å². The number of hydrogen-bond donors (Lipinski definition) is 2. The van der Waals surface area contributed by atoms with E-state index >= 15 is 0 Å². The van der Waals surface area contributed by atoms with E-state index in [-0.39, 0.29) is 0 Å². The highest BCUT2D eigenvalue weighted by molar-refractivity contribution is 5.18. The first kappa shape index (κ1) is 8.96. The van der Waals surface area contributed by atoms with Gasteiger partial charge < -0.3 is 9.84 Å². The van der Waals surface area contributed by atoms with E-state index in [9.17, 15) is 5.11 Å². The van der Waals surface area contributed by atoms with Gasteiger partial charge in [0.15, 0.2) is 0 Å². The van der Waals surface area contributed by atoms with E-state index in [4.69, 9.17) is 4.74 Å². The lowest BCUT2D eigenvalue weighted by atomic mass is 10.1. The zero-order valence-corrected chi connectivity index (χ0v) is 6.95. The largest absolute Gasteiger partial charge is 0.384 e. The lowest BCUT2D eigenvalue weighted by Gasteiger charge is -2.10. The lowest BCUT2D eigenvalue weighted by molar-refractivity contribution is 0.165. The molecular weight excluding hydrogens is 156 g/mol. The van der Waals surface area contributed by atoms with Crippen molar-refractivity contribution in [1.29, 1.82) is 0 Å². The molecule has 1 unspecified atom stereocenters. The lowest BCUT2D eigenvalue weighted by Crippen LogP contribution is -2.04. The highest BCUT2D eigenvalue weighted by Gasteiger charge is 2.11. The molecule has 0 bridgehead atoms. The second-order valence-electron chi connectivity index (χ2n) is 2.53. The summed E-state index contributed by atoms with van der Waals surface area (Å²) in [6.07, 6.45) is 2.50. The Balaban J connectivity index is 2.59. The molecule has 0 radical (unpaired) electrons. The summed E-state index contributed by atoms with van der Waals surface area (Å²) in [4.78, 5) is 0. The predicted octanol–water partition coefficient (Wildman–Crippen LogP) is 0.646. The van der Waals surface area contributed by atoms with Gasteiger partial charge in [-0.1, -0.05) is 6.58 Å². The number of hydrogen-bond acceptors (Lipinski definition) is 3. The van der Waals surface area contributed by atoms with Crippen LogP contribution in [-0.2, 0) is 4.74 Å². The van der Waals surface area contributed by atoms with Crippen molar-refractivity contribution in [3.8, 4) is 0 Å². The number of aliphatic hydroxyl groups is 1. The van der Waals surface area contributed by atoms with E-state index in [1.165, 1.54) is 0 Å². The monoisotopic (exact) mass is 168 g/mol. The highest BCUT2D eigenvalue weighted by Crippen LogP contribution is 2.18. The minimum Gasteiger partial charge on any atom is -0.384 e. The van der Waals surface area contributed by atoms with E-state index in [2.05, 4.69) is 16.8 Å². The smallest absolute Gasteiger partial charge is 0.105 e. The molecule has 4 heteroatoms. The van der Waals surface area contributed by atoms with E-state index in [0.29, 0.717) is 17.7 Å². The van der Waals surface area contributed by atoms with Crippen molar-refractivity contribution >= 4 is 0 Å². The molecule has 4 nitrogen and oxygen atoms in total. The normalized spacial score (nSPS) is 12.8. The van der Waals surface area contributed by atoms with Crippen LogP contribution < -0.4 is 0 Å². The molecule has 0 saturated heterocycles. The summed E-state index contributed by atoms with van der Waals surface area (Å²) in [6, 6.07) is 0. The minimum absolute atomic E-state index is 0.354. The molecule has 0 fully saturated rings. The highest BCUT2D eigenvalue weighted by atomic mass is 16.5. The van der Waals surface area contributed by atoms with Crippen LogP contribution in [0.3, 0.4) is 0 Å². The van der Waals surface area contributed by atoms with Crippen LogP contribution in [0.4, 0.5) is 0 Å². The zero-order valence-electron chi connectivity index (χ0n) is 6.95. The molecule has 1 aromatic rings. The fraction of sp³-hybridized carbons (Fsp3) is 0.375. The minimum atomic E-state index is -0.691. The van der Waals surface area contributed by atoms with Gasteiger partial charge in [-0.25, -0.2) is 0 Å². The summed E-state index contributed by atoms with van der Waals surface area (Å²) >= 11 is 0. The first-order valence-electron chi connectivity index (χ1n) is 3.59. The van der Waals surface area contributed by atoms with Crippen LogP contribution in [0, 0.1) is 0 Å². The molecule has 12 heavy (non-hydrogen) atoms. The Hall–Kier alpha value is -1.13. The quantitative estimate of drug-likeness (QED) is 0.649. The van der Waals surface area contributed by atoms with Crippen LogP contribution in [0.1, 0.15) is 11.7 Å². The Bertz CT molecular complexity index is 244. The number of H-pyrrole nitrogens is 1. The number of nitrogens with zero attached hydrogens (tertiary/aromatic N) is 1. The number of nitrogens with one attached hydrogen (secondary N) is 1. The van der Waals surface area contributed by atoms with Crippen LogP contribution in [0.5, 0.6) is 0 Å². The van der Waals surface area contributed by atoms with Crippen LogP contribution in [-0.4, -0.2) is 29.0 Å². The molecule has 1 aromatic heterocycles. The fourth-order valence-electron chi connectivity index (χ4n) is 0.910. The third-order valence-corrected chi connectivity index (χ3v) is 1.55. The van der Waals surface area contributed by atoms with E-state index < -0.39 is 6.10 Å². The maximum atomic E-state index is 9.57. The van der Waals surface area contributed by atoms with Gasteiger partial charge in [-0.05, 0) is 5.57 Å². The molecule has 0 amide bonds. The Morgan fingerprint density at radius 2 is 2.67 bits per heavy atom. The van der Waals surface area contributed by atoms with Crippen LogP contribution in [0.25, 0.3) is 0 Å². The summed E-state index contributed by atoms with van der Waals surface area (Å²) in [7, 11) is 1.56. The van der Waals surface area contributed by atoms with Crippen molar-refractivity contribution in [1.82, 2.24) is 10.2 Å². The number of aromatic nitrogens is 2. The second kappa shape index (κ2) is 4.04. The topological polar surface area (TPSA) is 58.1 Å². The molecule has 1 heterocycles. The van der Waals surface area contributed by atoms with Gasteiger partial charge in [0.1, 0.15) is 6.10 Å². The summed E-state index contributed by atoms with van der Waals surface area (Å²) in [6.45, 7) is 4.04. The molecule has 0 aromatic carbocycles. The van der Waals surface area contributed by atoms with Gasteiger partial charge >= 0.3 is 0 Å². The van der Waals surface area contributed by atoms with Gasteiger partial charge in [0, 0.05) is 18.9 Å². The van der Waals surface area contributed by atoms with E-state index in [1.807, 2.05) is 0 Å². The Labute approximate surface area is 70.9 Å². The van der Waals surface area contributed by atoms with Crippen LogP contribution in [0.2, 0.25) is 0 Å². The molecule has 1 atom stereocenters. The molecule has 0 aliphatic rings. The number of methoxy groups -OCH3 is 1. The molecule has 0 aliphatic heterocycles. The van der Waals surface area contributed by atoms with Crippen molar-refractivity contribution < 1.29 is 9.84 Å². The Morgan fingerprint density at radius 3 is 3.17 bits per heavy atom. The molecular formula is C8H12N2O2. The van der Waals surface area contributed by atoms with Gasteiger partial charge in [-0.15, -0.1) is 0 Å². The Kier molecular flexibility index (Phi) is 3.01.